The van der Waals surface area contributed by atoms with Crippen molar-refractivity contribution in [1.29, 1.82) is 0 Å². The Balaban J connectivity index is 2.38. The monoisotopic (exact) mass is 336 g/mol. The van der Waals surface area contributed by atoms with Crippen molar-refractivity contribution < 1.29 is 9.18 Å². The second-order valence-electron chi connectivity index (χ2n) is 5.74. The zero-order chi connectivity index (χ0) is 18.2. The molecule has 1 unspecified atom stereocenters. The molecule has 2 N–H and O–H groups in total. The van der Waals surface area contributed by atoms with E-state index in [1.54, 1.807) is 6.07 Å². The molecule has 128 valence electrons. The Morgan fingerprint density at radius 2 is 2.00 bits per heavy atom. The highest BCUT2D eigenvalue weighted by molar-refractivity contribution is 5.99. The highest BCUT2D eigenvalue weighted by Gasteiger charge is 2.14. The predicted octanol–water partition coefficient (Wildman–Crippen LogP) is 5.01. The van der Waals surface area contributed by atoms with Crippen molar-refractivity contribution in [2.45, 2.75) is 19.4 Å². The molecule has 0 aromatic heterocycles. The third-order valence-corrected chi connectivity index (χ3v) is 3.85. The standard InChI is InChI=1S/C21H21FN2O/c1-15(23)19-9-8-18(13-20(19)17-6-4-3-5-7-17)21(25)12-16(14-22)10-11-24-2/h3-11,13-15H,2,12,23H2,1H3/b11-10-,16-14-. The zero-order valence-electron chi connectivity index (χ0n) is 14.2. The smallest absolute Gasteiger partial charge is 0.167 e. The molecule has 4 heteroatoms. The lowest BCUT2D eigenvalue weighted by atomic mass is 9.92. The fraction of sp³-hybridized carbons (Fsp3) is 0.143. The number of ketones is 1. The molecular formula is C21H21FN2O. The van der Waals surface area contributed by atoms with E-state index in [4.69, 9.17) is 5.73 Å². The van der Waals surface area contributed by atoms with Crippen molar-refractivity contribution in [2.24, 2.45) is 10.7 Å². The summed E-state index contributed by atoms with van der Waals surface area (Å²) in [5.74, 6) is -0.175. The number of rotatable bonds is 7. The molecule has 0 aliphatic carbocycles. The van der Waals surface area contributed by atoms with Crippen LogP contribution >= 0.6 is 0 Å². The summed E-state index contributed by atoms with van der Waals surface area (Å²) in [7, 11) is 0. The number of nitrogens with zero attached hydrogens (tertiary/aromatic N) is 1. The second-order valence-corrected chi connectivity index (χ2v) is 5.74. The minimum atomic E-state index is -0.175. The van der Waals surface area contributed by atoms with E-state index < -0.39 is 0 Å². The lowest BCUT2D eigenvalue weighted by Crippen LogP contribution is -2.08. The first-order valence-corrected chi connectivity index (χ1v) is 7.96. The van der Waals surface area contributed by atoms with E-state index in [1.165, 1.54) is 12.3 Å². The molecule has 0 aliphatic heterocycles. The van der Waals surface area contributed by atoms with E-state index >= 15 is 0 Å². The van der Waals surface area contributed by atoms with Crippen LogP contribution in [0.15, 0.2) is 77.7 Å². The van der Waals surface area contributed by atoms with Gasteiger partial charge in [0.2, 0.25) is 0 Å². The lowest BCUT2D eigenvalue weighted by Gasteiger charge is -2.15. The van der Waals surface area contributed by atoms with Gasteiger partial charge in [0.25, 0.3) is 0 Å². The Bertz CT molecular complexity index is 808. The largest absolute Gasteiger partial charge is 0.324 e. The number of benzene rings is 2. The highest BCUT2D eigenvalue weighted by atomic mass is 19.1. The molecular weight excluding hydrogens is 315 g/mol. The first kappa shape index (κ1) is 18.5. The quantitative estimate of drug-likeness (QED) is 0.439. The van der Waals surface area contributed by atoms with E-state index in [0.29, 0.717) is 11.9 Å². The van der Waals surface area contributed by atoms with Gasteiger partial charge in [-0.25, -0.2) is 4.39 Å². The van der Waals surface area contributed by atoms with Crippen LogP contribution in [0.3, 0.4) is 0 Å². The van der Waals surface area contributed by atoms with Crippen LogP contribution in [0.25, 0.3) is 11.1 Å². The van der Waals surface area contributed by atoms with Gasteiger partial charge in [0.05, 0.1) is 6.33 Å². The predicted molar refractivity (Wildman–Crippen MR) is 101 cm³/mol. The maximum atomic E-state index is 12.9. The molecule has 0 saturated carbocycles. The molecule has 2 aromatic carbocycles. The summed E-state index contributed by atoms with van der Waals surface area (Å²) in [5.41, 5.74) is 9.69. The number of hydrogen-bond donors (Lipinski definition) is 1. The summed E-state index contributed by atoms with van der Waals surface area (Å²) in [6, 6.07) is 15.0. The van der Waals surface area contributed by atoms with Gasteiger partial charge in [0, 0.05) is 24.2 Å². The number of nitrogens with two attached hydrogens (primary N) is 1. The normalized spacial score (nSPS) is 13.0. The summed E-state index contributed by atoms with van der Waals surface area (Å²) < 4.78 is 12.9. The number of Topliss-reactive ketones (excluding diaryl/α,β-unsaturated/α-hetero) is 1. The van der Waals surface area contributed by atoms with Gasteiger partial charge in [-0.05, 0) is 48.0 Å². The Morgan fingerprint density at radius 3 is 2.60 bits per heavy atom. The minimum absolute atomic E-state index is 0.0473. The Hall–Kier alpha value is -2.85. The fourth-order valence-corrected chi connectivity index (χ4v) is 2.56. The Labute approximate surface area is 147 Å². The van der Waals surface area contributed by atoms with Crippen LogP contribution in [0.4, 0.5) is 4.39 Å². The van der Waals surface area contributed by atoms with Crippen molar-refractivity contribution >= 4 is 12.5 Å². The van der Waals surface area contributed by atoms with Crippen LogP contribution in [0.1, 0.15) is 35.3 Å². The van der Waals surface area contributed by atoms with E-state index in [2.05, 4.69) is 11.7 Å². The molecule has 0 heterocycles. The van der Waals surface area contributed by atoms with Crippen LogP contribution in [-0.4, -0.2) is 12.5 Å². The number of carbonyl (C=O) groups excluding carboxylic acids is 1. The van der Waals surface area contributed by atoms with Gasteiger partial charge < -0.3 is 5.73 Å². The average molecular weight is 336 g/mol. The SMILES string of the molecule is C=N/C=C\C(=C\F)CC(=O)c1ccc(C(C)N)c(-c2ccccc2)c1. The van der Waals surface area contributed by atoms with Gasteiger partial charge in [0.15, 0.2) is 5.78 Å². The van der Waals surface area contributed by atoms with Crippen molar-refractivity contribution in [3.8, 4) is 11.1 Å². The molecule has 2 rings (SSSR count). The van der Waals surface area contributed by atoms with Crippen molar-refractivity contribution in [3.05, 3.63) is 83.8 Å². The number of carbonyl (C=O) groups is 1. The molecule has 0 radical (unpaired) electrons. The van der Waals surface area contributed by atoms with Crippen molar-refractivity contribution in [2.75, 3.05) is 0 Å². The average Bonchev–Trinajstić information content (AvgIpc) is 2.65. The van der Waals surface area contributed by atoms with Gasteiger partial charge in [-0.15, -0.1) is 0 Å². The van der Waals surface area contributed by atoms with Crippen LogP contribution in [0.5, 0.6) is 0 Å². The van der Waals surface area contributed by atoms with E-state index in [0.717, 1.165) is 16.7 Å². The van der Waals surface area contributed by atoms with E-state index in [-0.39, 0.29) is 23.8 Å². The third-order valence-electron chi connectivity index (χ3n) is 3.85. The molecule has 1 atom stereocenters. The minimum Gasteiger partial charge on any atom is -0.324 e. The molecule has 3 nitrogen and oxygen atoms in total. The lowest BCUT2D eigenvalue weighted by molar-refractivity contribution is 0.0993. The first-order chi connectivity index (χ1) is 12.1. The second kappa shape index (κ2) is 8.85. The maximum Gasteiger partial charge on any atom is 0.167 e. The summed E-state index contributed by atoms with van der Waals surface area (Å²) >= 11 is 0. The first-order valence-electron chi connectivity index (χ1n) is 7.96. The van der Waals surface area contributed by atoms with E-state index in [9.17, 15) is 9.18 Å². The molecule has 0 saturated heterocycles. The Morgan fingerprint density at radius 1 is 1.28 bits per heavy atom. The number of allylic oxidation sites excluding steroid dienone is 2. The van der Waals surface area contributed by atoms with Crippen LogP contribution in [0, 0.1) is 0 Å². The zero-order valence-corrected chi connectivity index (χ0v) is 14.2. The third kappa shape index (κ3) is 4.81. The number of aliphatic imine (C=N–C) groups is 1. The van der Waals surface area contributed by atoms with Gasteiger partial charge >= 0.3 is 0 Å². The van der Waals surface area contributed by atoms with Gasteiger partial charge in [-0.2, -0.15) is 0 Å². The van der Waals surface area contributed by atoms with Crippen molar-refractivity contribution in [1.82, 2.24) is 0 Å². The molecule has 0 aliphatic rings. The molecule has 0 spiro atoms. The van der Waals surface area contributed by atoms with Gasteiger partial charge in [0.1, 0.15) is 0 Å². The molecule has 0 fully saturated rings. The molecule has 0 bridgehead atoms. The number of hydrogen-bond acceptors (Lipinski definition) is 3. The summed E-state index contributed by atoms with van der Waals surface area (Å²) in [6.07, 6.45) is 3.15. The molecule has 0 amide bonds. The summed E-state index contributed by atoms with van der Waals surface area (Å²) in [6.45, 7) is 5.20. The van der Waals surface area contributed by atoms with Crippen LogP contribution in [-0.2, 0) is 0 Å². The van der Waals surface area contributed by atoms with Gasteiger partial charge in [-0.3, -0.25) is 9.79 Å². The van der Waals surface area contributed by atoms with Crippen LogP contribution < -0.4 is 5.73 Å². The summed E-state index contributed by atoms with van der Waals surface area (Å²) in [4.78, 5) is 16.0. The van der Waals surface area contributed by atoms with E-state index in [1.807, 2.05) is 49.4 Å². The maximum absolute atomic E-state index is 12.9. The Kier molecular flexibility index (Phi) is 6.54. The van der Waals surface area contributed by atoms with Gasteiger partial charge in [-0.1, -0.05) is 42.5 Å². The van der Waals surface area contributed by atoms with Crippen LogP contribution in [0.2, 0.25) is 0 Å². The van der Waals surface area contributed by atoms with Crippen molar-refractivity contribution in [3.63, 3.8) is 0 Å². The summed E-state index contributed by atoms with van der Waals surface area (Å²) in [5, 5.41) is 0. The topological polar surface area (TPSA) is 55.5 Å². The number of halogens is 1. The molecule has 25 heavy (non-hydrogen) atoms. The fourth-order valence-electron chi connectivity index (χ4n) is 2.56. The molecule has 2 aromatic rings. The highest BCUT2D eigenvalue weighted by Crippen LogP contribution is 2.29.